The molecule has 0 N–H and O–H groups in total. The van der Waals surface area contributed by atoms with E-state index in [9.17, 15) is 5.48 Å². The van der Waals surface area contributed by atoms with Crippen molar-refractivity contribution < 1.29 is 22.5 Å². The highest BCUT2D eigenvalue weighted by molar-refractivity contribution is 7.00. The number of furan rings is 2. The van der Waals surface area contributed by atoms with Crippen molar-refractivity contribution in [2.45, 2.75) is 45.4 Å². The van der Waals surface area contributed by atoms with Gasteiger partial charge in [0.2, 0.25) is 0 Å². The Balaban J connectivity index is 0.967. The Bertz CT molecular complexity index is 5570. The number of para-hydroxylation sites is 6. The molecule has 14 aromatic rings. The molecule has 0 saturated carbocycles. The summed E-state index contributed by atoms with van der Waals surface area (Å²) < 4.78 is 105. The SMILES string of the molecule is [2H]c1c([2H])c([2H])c(N(c2ccc3c(c2)N(c2ccc4c(c2)C(C)(C)c2ccccc2-4)c2cc(C(C)(C)C)cc4c2B3c2cc(-c3cccc5c3oc3ccccc35)ccc2N4c2ccc(-c3cccc4c3oc3ccccc34)cc2)c2c([2H])c([2H])c([2H])c([2H])c2[2H])c([2H])c1[2H]. The third-order valence-electron chi connectivity index (χ3n) is 18.0. The zero-order valence-corrected chi connectivity index (χ0v) is 47.3. The molecule has 4 heterocycles. The zero-order chi connectivity index (χ0) is 65.6. The number of benzene rings is 12. The minimum absolute atomic E-state index is 0.191. The van der Waals surface area contributed by atoms with Crippen molar-refractivity contribution >= 4 is 118 Å². The van der Waals surface area contributed by atoms with Crippen LogP contribution in [0, 0.1) is 0 Å². The minimum Gasteiger partial charge on any atom is -0.455 e. The molecule has 6 heteroatoms. The van der Waals surface area contributed by atoms with Gasteiger partial charge in [-0.15, -0.1) is 0 Å². The van der Waals surface area contributed by atoms with Gasteiger partial charge in [0.05, 0.1) is 13.7 Å². The van der Waals surface area contributed by atoms with Crippen LogP contribution in [0.5, 0.6) is 0 Å². The molecule has 0 bridgehead atoms. The summed E-state index contributed by atoms with van der Waals surface area (Å²) in [6.07, 6.45) is 0. The van der Waals surface area contributed by atoms with Gasteiger partial charge in [-0.25, -0.2) is 0 Å². The molecular formula is C79H58BN3O2. The van der Waals surface area contributed by atoms with E-state index < -0.39 is 78.0 Å². The lowest BCUT2D eigenvalue weighted by atomic mass is 9.33. The van der Waals surface area contributed by atoms with Gasteiger partial charge in [-0.2, -0.15) is 0 Å². The van der Waals surface area contributed by atoms with Gasteiger partial charge in [0.15, 0.2) is 0 Å². The lowest BCUT2D eigenvalue weighted by Gasteiger charge is -2.45. The molecule has 0 atom stereocenters. The van der Waals surface area contributed by atoms with Crippen molar-refractivity contribution in [3.05, 3.63) is 277 Å². The summed E-state index contributed by atoms with van der Waals surface area (Å²) in [6.45, 7) is 10.6. The maximum Gasteiger partial charge on any atom is 0.252 e. The van der Waals surface area contributed by atoms with Crippen LogP contribution in [0.4, 0.5) is 51.2 Å². The summed E-state index contributed by atoms with van der Waals surface area (Å²) in [5, 5.41) is 4.11. The second-order valence-corrected chi connectivity index (χ2v) is 24.1. The number of hydrogen-bond donors (Lipinski definition) is 0. The molecule has 2 aromatic heterocycles. The standard InChI is InChI=1S/C79H58BN3O2/c1-78(2,3)51-45-71-75-72(46-51)83(55-39-41-60-59-24-12-15-31-65(59)79(4,5)66(60)47-55)70-48-56(81(52-20-8-6-9-21-52)53-22-10-7-11-23-53)40-42-67(70)80(75)68-44-50(58-28-19-30-64-62-26-14-17-33-74(62)85-77(58)64)36-43-69(68)82(71)54-37-34-49(35-38-54)57-27-18-29-63-61-25-13-16-32-73(61)84-76(57)63/h6-48H,1-5H3/i6D,7D,8D,9D,10D,11D,20D,21D,22D,23D. The molecule has 1 aliphatic carbocycles. The summed E-state index contributed by atoms with van der Waals surface area (Å²) in [6, 6.07) is 63.3. The van der Waals surface area contributed by atoms with Crippen molar-refractivity contribution in [3.8, 4) is 33.4 Å². The first kappa shape index (κ1) is 40.0. The highest BCUT2D eigenvalue weighted by atomic mass is 16.3. The summed E-state index contributed by atoms with van der Waals surface area (Å²) in [5.74, 6) is 0. The van der Waals surface area contributed by atoms with E-state index in [1.54, 1.807) is 6.07 Å². The van der Waals surface area contributed by atoms with E-state index in [0.717, 1.165) is 133 Å². The van der Waals surface area contributed by atoms with E-state index in [0.29, 0.717) is 5.69 Å². The Morgan fingerprint density at radius 2 is 0.965 bits per heavy atom. The Labute approximate surface area is 509 Å². The van der Waals surface area contributed by atoms with Crippen LogP contribution in [-0.2, 0) is 10.8 Å². The molecule has 5 nitrogen and oxygen atoms in total. The fourth-order valence-electron chi connectivity index (χ4n) is 13.9. The second-order valence-electron chi connectivity index (χ2n) is 24.1. The van der Waals surface area contributed by atoms with Crippen LogP contribution < -0.4 is 31.1 Å². The minimum atomic E-state index is -0.647. The normalized spacial score (nSPS) is 15.4. The first-order valence-electron chi connectivity index (χ1n) is 33.9. The van der Waals surface area contributed by atoms with Crippen molar-refractivity contribution in [2.24, 2.45) is 0 Å². The first-order valence-corrected chi connectivity index (χ1v) is 28.9. The van der Waals surface area contributed by atoms with E-state index >= 15 is 0 Å². The third-order valence-corrected chi connectivity index (χ3v) is 18.0. The van der Waals surface area contributed by atoms with E-state index in [1.807, 2.05) is 48.5 Å². The van der Waals surface area contributed by atoms with Crippen LogP contribution in [0.1, 0.15) is 65.0 Å². The van der Waals surface area contributed by atoms with E-state index in [4.69, 9.17) is 17.1 Å². The van der Waals surface area contributed by atoms with Gasteiger partial charge in [-0.1, -0.05) is 204 Å². The lowest BCUT2D eigenvalue weighted by molar-refractivity contribution is 0.590. The van der Waals surface area contributed by atoms with E-state index in [2.05, 4.69) is 190 Å². The molecule has 2 aliphatic heterocycles. The number of nitrogens with zero attached hydrogens (tertiary/aromatic N) is 3. The molecular weight excluding hydrogens is 1030 g/mol. The molecule has 3 aliphatic rings. The van der Waals surface area contributed by atoms with Crippen molar-refractivity contribution in [1.82, 2.24) is 0 Å². The van der Waals surface area contributed by atoms with Gasteiger partial charge in [0, 0.05) is 89.3 Å². The maximum atomic E-state index is 9.51. The molecule has 12 aromatic carbocycles. The maximum absolute atomic E-state index is 9.51. The van der Waals surface area contributed by atoms with Gasteiger partial charge >= 0.3 is 0 Å². The van der Waals surface area contributed by atoms with Crippen LogP contribution in [0.3, 0.4) is 0 Å². The quantitative estimate of drug-likeness (QED) is 0.149. The predicted octanol–water partition coefficient (Wildman–Crippen LogP) is 20.0. The van der Waals surface area contributed by atoms with Crippen LogP contribution in [-0.4, -0.2) is 6.71 Å². The van der Waals surface area contributed by atoms with Crippen molar-refractivity contribution in [2.75, 3.05) is 14.7 Å². The third kappa shape index (κ3) is 7.44. The first-order chi connectivity index (χ1) is 45.7. The van der Waals surface area contributed by atoms with Crippen LogP contribution in [0.25, 0.3) is 77.3 Å². The van der Waals surface area contributed by atoms with Crippen LogP contribution >= 0.6 is 0 Å². The predicted molar refractivity (Wildman–Crippen MR) is 357 cm³/mol. The number of hydrogen-bond acceptors (Lipinski definition) is 5. The van der Waals surface area contributed by atoms with Crippen molar-refractivity contribution in [3.63, 3.8) is 0 Å². The highest BCUT2D eigenvalue weighted by Gasteiger charge is 2.45. The monoisotopic (exact) mass is 1100 g/mol. The topological polar surface area (TPSA) is 36.0 Å². The number of fused-ring (bicyclic) bond motifs is 13. The molecule has 404 valence electrons. The Hall–Kier alpha value is -10.3. The van der Waals surface area contributed by atoms with Crippen LogP contribution in [0.15, 0.2) is 269 Å². The number of anilines is 9. The molecule has 0 spiro atoms. The fraction of sp³-hybridized carbons (Fsp3) is 0.0886. The van der Waals surface area contributed by atoms with Gasteiger partial charge in [-0.05, 0) is 152 Å². The smallest absolute Gasteiger partial charge is 0.252 e. The largest absolute Gasteiger partial charge is 0.455 e. The lowest BCUT2D eigenvalue weighted by Crippen LogP contribution is -2.61. The summed E-state index contributed by atoms with van der Waals surface area (Å²) in [7, 11) is 0. The van der Waals surface area contributed by atoms with Gasteiger partial charge in [0.25, 0.3) is 6.71 Å². The highest BCUT2D eigenvalue weighted by Crippen LogP contribution is 2.53. The fourth-order valence-corrected chi connectivity index (χ4v) is 13.9. The van der Waals surface area contributed by atoms with E-state index in [-0.39, 0.29) is 17.1 Å². The summed E-state index contributed by atoms with van der Waals surface area (Å²) in [4.78, 5) is 5.91. The van der Waals surface area contributed by atoms with Gasteiger partial charge < -0.3 is 23.5 Å². The molecule has 0 radical (unpaired) electrons. The molecule has 0 amide bonds. The molecule has 0 saturated heterocycles. The van der Waals surface area contributed by atoms with Crippen LogP contribution in [0.2, 0.25) is 0 Å². The van der Waals surface area contributed by atoms with Gasteiger partial charge in [0.1, 0.15) is 22.3 Å². The summed E-state index contributed by atoms with van der Waals surface area (Å²) in [5.41, 5.74) is 19.2. The van der Waals surface area contributed by atoms with Gasteiger partial charge in [-0.3, -0.25) is 0 Å². The average molecular weight is 1100 g/mol. The average Bonchev–Trinajstić information content (AvgIpc) is 1.31. The zero-order valence-electron chi connectivity index (χ0n) is 57.3. The molecule has 0 fully saturated rings. The Morgan fingerprint density at radius 3 is 1.61 bits per heavy atom. The second kappa shape index (κ2) is 18.4. The molecule has 17 rings (SSSR count). The van der Waals surface area contributed by atoms with E-state index in [1.165, 1.54) is 10.5 Å². The molecule has 85 heavy (non-hydrogen) atoms. The number of rotatable bonds is 7. The Kier molecular flexibility index (Phi) is 8.64. The molecule has 0 unspecified atom stereocenters. The van der Waals surface area contributed by atoms with Crippen molar-refractivity contribution in [1.29, 1.82) is 0 Å². The summed E-state index contributed by atoms with van der Waals surface area (Å²) >= 11 is 0. The Morgan fingerprint density at radius 1 is 0.424 bits per heavy atom.